The minimum absolute atomic E-state index is 0.191. The quantitative estimate of drug-likeness (QED) is 0.412. The molecule has 3 aromatic heterocycles. The van der Waals surface area contributed by atoms with Crippen LogP contribution in [0.15, 0.2) is 78.2 Å². The summed E-state index contributed by atoms with van der Waals surface area (Å²) in [6, 6.07) is 22.1. The lowest BCUT2D eigenvalue weighted by molar-refractivity contribution is 0.102. The molecule has 5 aromatic rings. The number of thiophene rings is 1. The number of carbonyl (C=O) groups is 1. The van der Waals surface area contributed by atoms with Crippen LogP contribution in [0, 0.1) is 0 Å². The van der Waals surface area contributed by atoms with Gasteiger partial charge in [-0.2, -0.15) is 9.61 Å². The van der Waals surface area contributed by atoms with Gasteiger partial charge in [0, 0.05) is 21.8 Å². The average molecular weight is 432 g/mol. The lowest BCUT2D eigenvalue weighted by Crippen LogP contribution is -2.11. The number of carbonyl (C=O) groups excluding carboxylic acids is 1. The lowest BCUT2D eigenvalue weighted by Gasteiger charge is -2.07. The van der Waals surface area contributed by atoms with E-state index in [1.807, 2.05) is 53.9 Å². The Bertz CT molecular complexity index is 1330. The van der Waals surface area contributed by atoms with E-state index in [2.05, 4.69) is 15.5 Å². The van der Waals surface area contributed by atoms with Crippen LogP contribution in [0.4, 0.5) is 5.69 Å². The Labute approximate surface area is 180 Å². The molecule has 3 heterocycles. The van der Waals surface area contributed by atoms with Crippen LogP contribution in [0.3, 0.4) is 0 Å². The van der Waals surface area contributed by atoms with Crippen molar-refractivity contribution in [3.63, 3.8) is 0 Å². The topological polar surface area (TPSA) is 72.2 Å². The molecule has 30 heavy (non-hydrogen) atoms. The molecule has 0 atom stereocenters. The molecule has 0 aliphatic heterocycles. The summed E-state index contributed by atoms with van der Waals surface area (Å²) >= 11 is 7.47. The fourth-order valence-electron chi connectivity index (χ4n) is 3.03. The first-order valence-electron chi connectivity index (χ1n) is 9.11. The number of hydrogen-bond donors (Lipinski definition) is 1. The molecule has 5 rings (SSSR count). The minimum Gasteiger partial charge on any atom is -0.322 e. The Balaban J connectivity index is 1.40. The van der Waals surface area contributed by atoms with Crippen LogP contribution < -0.4 is 5.32 Å². The summed E-state index contributed by atoms with van der Waals surface area (Å²) < 4.78 is 1.75. The number of anilines is 1. The molecule has 146 valence electrons. The second kappa shape index (κ2) is 7.70. The first-order chi connectivity index (χ1) is 14.7. The number of benzene rings is 2. The van der Waals surface area contributed by atoms with Gasteiger partial charge >= 0.3 is 0 Å². The molecule has 2 aromatic carbocycles. The summed E-state index contributed by atoms with van der Waals surface area (Å²) in [5.41, 5.74) is 3.64. The number of fused-ring (bicyclic) bond motifs is 1. The third-order valence-corrected chi connectivity index (χ3v) is 5.67. The summed E-state index contributed by atoms with van der Waals surface area (Å²) in [5.74, 6) is 0.526. The Morgan fingerprint density at radius 1 is 0.933 bits per heavy atom. The number of hydrogen-bond acceptors (Lipinski definition) is 5. The second-order valence-corrected chi connectivity index (χ2v) is 7.91. The highest BCUT2D eigenvalue weighted by atomic mass is 35.5. The monoisotopic (exact) mass is 431 g/mol. The maximum atomic E-state index is 12.4. The molecule has 0 radical (unpaired) electrons. The maximum Gasteiger partial charge on any atom is 0.255 e. The molecule has 0 aliphatic rings. The zero-order valence-electron chi connectivity index (χ0n) is 15.5. The molecule has 0 saturated heterocycles. The van der Waals surface area contributed by atoms with Gasteiger partial charge in [-0.3, -0.25) is 4.79 Å². The molecule has 6 nitrogen and oxygen atoms in total. The zero-order valence-corrected chi connectivity index (χ0v) is 17.1. The highest BCUT2D eigenvalue weighted by molar-refractivity contribution is 7.13. The molecule has 0 spiro atoms. The molecule has 1 amide bonds. The van der Waals surface area contributed by atoms with Gasteiger partial charge in [-0.1, -0.05) is 29.8 Å². The predicted molar refractivity (Wildman–Crippen MR) is 119 cm³/mol. The highest BCUT2D eigenvalue weighted by Crippen LogP contribution is 2.25. The smallest absolute Gasteiger partial charge is 0.255 e. The second-order valence-electron chi connectivity index (χ2n) is 6.53. The van der Waals surface area contributed by atoms with Gasteiger partial charge in [0.2, 0.25) is 0 Å². The van der Waals surface area contributed by atoms with Crippen LogP contribution in [0.1, 0.15) is 10.4 Å². The number of halogens is 1. The van der Waals surface area contributed by atoms with Crippen molar-refractivity contribution in [3.8, 4) is 22.0 Å². The molecule has 0 fully saturated rings. The zero-order chi connectivity index (χ0) is 20.5. The van der Waals surface area contributed by atoms with E-state index in [9.17, 15) is 4.79 Å². The van der Waals surface area contributed by atoms with E-state index in [-0.39, 0.29) is 5.91 Å². The van der Waals surface area contributed by atoms with Crippen LogP contribution in [-0.4, -0.2) is 25.7 Å². The van der Waals surface area contributed by atoms with E-state index < -0.39 is 0 Å². The number of nitrogens with one attached hydrogen (secondary N) is 1. The fraction of sp³-hybridized carbons (Fsp3) is 0. The van der Waals surface area contributed by atoms with Crippen molar-refractivity contribution in [3.05, 3.63) is 88.8 Å². The molecule has 8 heteroatoms. The SMILES string of the molecule is O=C(Nc1ccc(-c2ccc3nnc(-c4cccs4)n3n2)cc1)c1ccc(Cl)cc1. The third kappa shape index (κ3) is 3.56. The van der Waals surface area contributed by atoms with Crippen LogP contribution in [0.5, 0.6) is 0 Å². The Kier molecular flexibility index (Phi) is 4.74. The van der Waals surface area contributed by atoms with Gasteiger partial charge in [0.15, 0.2) is 11.5 Å². The molecule has 0 aliphatic carbocycles. The van der Waals surface area contributed by atoms with Crippen molar-refractivity contribution in [2.75, 3.05) is 5.32 Å². The number of rotatable bonds is 4. The lowest BCUT2D eigenvalue weighted by atomic mass is 10.1. The van der Waals surface area contributed by atoms with Gasteiger partial charge in [-0.05, 0) is 60.0 Å². The fourth-order valence-corrected chi connectivity index (χ4v) is 3.85. The van der Waals surface area contributed by atoms with E-state index in [0.29, 0.717) is 27.7 Å². The molecular formula is C22H14ClN5OS. The number of amides is 1. The van der Waals surface area contributed by atoms with E-state index in [0.717, 1.165) is 16.1 Å². The van der Waals surface area contributed by atoms with Crippen LogP contribution in [-0.2, 0) is 0 Å². The van der Waals surface area contributed by atoms with E-state index in [4.69, 9.17) is 16.7 Å². The molecule has 0 saturated carbocycles. The van der Waals surface area contributed by atoms with Crippen molar-refractivity contribution in [2.45, 2.75) is 0 Å². The van der Waals surface area contributed by atoms with Gasteiger partial charge in [-0.15, -0.1) is 21.5 Å². The van der Waals surface area contributed by atoms with Gasteiger partial charge in [0.25, 0.3) is 5.91 Å². The molecule has 1 N–H and O–H groups in total. The highest BCUT2D eigenvalue weighted by Gasteiger charge is 2.12. The van der Waals surface area contributed by atoms with Gasteiger partial charge < -0.3 is 5.32 Å². The Hall–Kier alpha value is -3.55. The van der Waals surface area contributed by atoms with Crippen molar-refractivity contribution >= 4 is 40.2 Å². The van der Waals surface area contributed by atoms with Gasteiger partial charge in [0.1, 0.15) is 0 Å². The maximum absolute atomic E-state index is 12.4. The van der Waals surface area contributed by atoms with Crippen molar-refractivity contribution in [1.82, 2.24) is 19.8 Å². The van der Waals surface area contributed by atoms with Crippen LogP contribution in [0.2, 0.25) is 5.02 Å². The van der Waals surface area contributed by atoms with Crippen LogP contribution >= 0.6 is 22.9 Å². The summed E-state index contributed by atoms with van der Waals surface area (Å²) in [6.07, 6.45) is 0. The summed E-state index contributed by atoms with van der Waals surface area (Å²) in [6.45, 7) is 0. The van der Waals surface area contributed by atoms with Crippen LogP contribution in [0.25, 0.3) is 27.6 Å². The number of aromatic nitrogens is 4. The third-order valence-electron chi connectivity index (χ3n) is 4.55. The van der Waals surface area contributed by atoms with Crippen molar-refractivity contribution < 1.29 is 4.79 Å². The van der Waals surface area contributed by atoms with E-state index in [1.165, 1.54) is 0 Å². The van der Waals surface area contributed by atoms with Gasteiger partial charge in [0.05, 0.1) is 10.6 Å². The molecular weight excluding hydrogens is 418 g/mol. The standard InChI is InChI=1S/C22H14ClN5OS/c23-16-7-3-15(4-8-16)22(29)24-17-9-5-14(6-10-17)18-11-12-20-25-26-21(28(20)27-18)19-2-1-13-30-19/h1-13H,(H,24,29). The minimum atomic E-state index is -0.191. The predicted octanol–water partition coefficient (Wildman–Crippen LogP) is 5.43. The first kappa shape index (κ1) is 18.5. The normalized spacial score (nSPS) is 11.0. The largest absolute Gasteiger partial charge is 0.322 e. The van der Waals surface area contributed by atoms with Crippen molar-refractivity contribution in [1.29, 1.82) is 0 Å². The molecule has 0 bridgehead atoms. The van der Waals surface area contributed by atoms with Crippen molar-refractivity contribution in [2.24, 2.45) is 0 Å². The first-order valence-corrected chi connectivity index (χ1v) is 10.4. The summed E-state index contributed by atoms with van der Waals surface area (Å²) in [5, 5.41) is 18.6. The Morgan fingerprint density at radius 3 is 2.47 bits per heavy atom. The molecule has 0 unspecified atom stereocenters. The number of nitrogens with zero attached hydrogens (tertiary/aromatic N) is 4. The van der Waals surface area contributed by atoms with E-state index >= 15 is 0 Å². The average Bonchev–Trinajstić information content (AvgIpc) is 3.44. The van der Waals surface area contributed by atoms with E-state index in [1.54, 1.807) is 40.1 Å². The summed E-state index contributed by atoms with van der Waals surface area (Å²) in [4.78, 5) is 13.4. The summed E-state index contributed by atoms with van der Waals surface area (Å²) in [7, 11) is 0. The Morgan fingerprint density at radius 2 is 1.73 bits per heavy atom. The van der Waals surface area contributed by atoms with Gasteiger partial charge in [-0.25, -0.2) is 0 Å².